The Hall–Kier alpha value is -0.663. The highest BCUT2D eigenvalue weighted by Crippen LogP contribution is 1.65. The number of rotatable bonds is 1. The first-order valence-corrected chi connectivity index (χ1v) is 3.49. The van der Waals surface area contributed by atoms with Crippen LogP contribution in [-0.4, -0.2) is 9.52 Å². The van der Waals surface area contributed by atoms with Crippen molar-refractivity contribution in [1.82, 2.24) is 0 Å². The summed E-state index contributed by atoms with van der Waals surface area (Å²) in [6.07, 6.45) is 9.83. The summed E-state index contributed by atoms with van der Waals surface area (Å²) >= 11 is 0. The summed E-state index contributed by atoms with van der Waals surface area (Å²) in [5.41, 5.74) is 2.56. The molecule has 0 N–H and O–H groups in total. The maximum Gasteiger partial charge on any atom is 0.118 e. The Balaban J connectivity index is 2.78. The summed E-state index contributed by atoms with van der Waals surface area (Å²) in [7, 11) is -0.287. The zero-order valence-electron chi connectivity index (χ0n) is 3.57. The zero-order valence-corrected chi connectivity index (χ0v) is 4.98. The van der Waals surface area contributed by atoms with Gasteiger partial charge in [0.2, 0.25) is 0 Å². The van der Waals surface area contributed by atoms with Crippen LogP contribution >= 0.6 is 0 Å². The van der Waals surface area contributed by atoms with Gasteiger partial charge in [-0.2, -0.15) is 0 Å². The maximum atomic E-state index is 4.93. The molecule has 0 amide bonds. The molecule has 0 aromatic rings. The predicted molar refractivity (Wildman–Crippen MR) is 31.0 cm³/mol. The first-order chi connectivity index (χ1) is 2.91. The fourth-order valence-electron chi connectivity index (χ4n) is 0.144. The van der Waals surface area contributed by atoms with Crippen molar-refractivity contribution in [3.05, 3.63) is 0 Å². The van der Waals surface area contributed by atoms with E-state index in [4.69, 9.17) is 12.8 Å². The number of hydrogen-bond acceptors (Lipinski definition) is 0. The molecule has 0 nitrogen and oxygen atoms in total. The highest BCUT2D eigenvalue weighted by atomic mass is 28.2. The van der Waals surface area contributed by atoms with Gasteiger partial charge in [-0.3, -0.25) is 0 Å². The Morgan fingerprint density at radius 2 is 2.17 bits per heavy atom. The third-order valence-electron chi connectivity index (χ3n) is 0.414. The SMILES string of the molecule is C#CC[SiH2]C#C. The summed E-state index contributed by atoms with van der Waals surface area (Å²) in [5, 5.41) is 0. The third kappa shape index (κ3) is 3.34. The van der Waals surface area contributed by atoms with E-state index in [1.807, 2.05) is 0 Å². The first-order valence-electron chi connectivity index (χ1n) is 1.78. The maximum absolute atomic E-state index is 4.93. The van der Waals surface area contributed by atoms with E-state index in [2.05, 4.69) is 11.5 Å². The van der Waals surface area contributed by atoms with Crippen LogP contribution in [0.1, 0.15) is 0 Å². The van der Waals surface area contributed by atoms with Gasteiger partial charge in [-0.15, -0.1) is 24.3 Å². The van der Waals surface area contributed by atoms with Gasteiger partial charge in [-0.1, -0.05) is 0 Å². The largest absolute Gasteiger partial charge is 0.142 e. The molecular weight excluding hydrogens is 88.1 g/mol. The van der Waals surface area contributed by atoms with Crippen molar-refractivity contribution in [3.63, 3.8) is 0 Å². The Labute approximate surface area is 40.8 Å². The summed E-state index contributed by atoms with van der Waals surface area (Å²) in [6.45, 7) is 0. The van der Waals surface area contributed by atoms with Crippen LogP contribution in [0.4, 0.5) is 0 Å². The molecular formula is C5H6Si. The molecule has 0 aromatic heterocycles. The van der Waals surface area contributed by atoms with Crippen molar-refractivity contribution < 1.29 is 0 Å². The molecule has 0 aliphatic carbocycles. The van der Waals surface area contributed by atoms with Crippen molar-refractivity contribution >= 4 is 9.52 Å². The average molecular weight is 94.2 g/mol. The van der Waals surface area contributed by atoms with E-state index in [1.54, 1.807) is 0 Å². The van der Waals surface area contributed by atoms with Crippen LogP contribution in [0.15, 0.2) is 0 Å². The smallest absolute Gasteiger partial charge is 0.118 e. The second-order valence-electron chi connectivity index (χ2n) is 0.908. The van der Waals surface area contributed by atoms with Gasteiger partial charge >= 0.3 is 0 Å². The van der Waals surface area contributed by atoms with Crippen molar-refractivity contribution in [3.8, 4) is 24.3 Å². The molecule has 0 aliphatic rings. The van der Waals surface area contributed by atoms with Gasteiger partial charge in [0.1, 0.15) is 9.52 Å². The van der Waals surface area contributed by atoms with Crippen molar-refractivity contribution in [2.24, 2.45) is 0 Å². The molecule has 0 bridgehead atoms. The van der Waals surface area contributed by atoms with Crippen LogP contribution in [0.3, 0.4) is 0 Å². The molecule has 0 radical (unpaired) electrons. The van der Waals surface area contributed by atoms with Crippen LogP contribution in [0.2, 0.25) is 6.04 Å². The van der Waals surface area contributed by atoms with Crippen LogP contribution in [0.5, 0.6) is 0 Å². The summed E-state index contributed by atoms with van der Waals surface area (Å²) in [6, 6.07) is 0.844. The number of hydrogen-bond donors (Lipinski definition) is 0. The molecule has 0 aromatic carbocycles. The van der Waals surface area contributed by atoms with Gasteiger partial charge < -0.3 is 0 Å². The fourth-order valence-corrected chi connectivity index (χ4v) is 0.433. The molecule has 1 heteroatoms. The van der Waals surface area contributed by atoms with Gasteiger partial charge in [-0.05, 0) is 0 Å². The molecule has 0 rings (SSSR count). The van der Waals surface area contributed by atoms with Gasteiger partial charge in [0.05, 0.1) is 0 Å². The molecule has 6 heavy (non-hydrogen) atoms. The number of terminal acetylenes is 2. The van der Waals surface area contributed by atoms with E-state index >= 15 is 0 Å². The standard InChI is InChI=1S/C5H6Si/c1-3-5-6-4-2/h1-2H,5-6H2. The first kappa shape index (κ1) is 5.34. The topological polar surface area (TPSA) is 0 Å². The highest BCUT2D eigenvalue weighted by Gasteiger charge is 1.68. The molecule has 0 unspecified atom stereocenters. The monoisotopic (exact) mass is 94.0 g/mol. The van der Waals surface area contributed by atoms with E-state index in [0.29, 0.717) is 0 Å². The van der Waals surface area contributed by atoms with E-state index in [0.717, 1.165) is 6.04 Å². The normalized spacial score (nSPS) is 7.67. The molecule has 0 aliphatic heterocycles. The lowest BCUT2D eigenvalue weighted by molar-refractivity contribution is 1.86. The lowest BCUT2D eigenvalue weighted by atomic mass is 10.8. The molecule has 0 spiro atoms. The van der Waals surface area contributed by atoms with Gasteiger partial charge in [-0.25, -0.2) is 0 Å². The van der Waals surface area contributed by atoms with E-state index in [1.165, 1.54) is 0 Å². The molecule has 0 heterocycles. The fraction of sp³-hybridized carbons (Fsp3) is 0.200. The van der Waals surface area contributed by atoms with Gasteiger partial charge in [0.15, 0.2) is 0 Å². The van der Waals surface area contributed by atoms with Gasteiger partial charge in [0, 0.05) is 6.04 Å². The van der Waals surface area contributed by atoms with Crippen LogP contribution in [-0.2, 0) is 0 Å². The summed E-state index contributed by atoms with van der Waals surface area (Å²) in [5.74, 6) is 2.49. The Morgan fingerprint density at radius 3 is 2.33 bits per heavy atom. The van der Waals surface area contributed by atoms with Gasteiger partial charge in [0.25, 0.3) is 0 Å². The Kier molecular flexibility index (Phi) is 3.86. The summed E-state index contributed by atoms with van der Waals surface area (Å²) < 4.78 is 0. The van der Waals surface area contributed by atoms with Crippen molar-refractivity contribution in [1.29, 1.82) is 0 Å². The molecule has 0 atom stereocenters. The molecule has 0 saturated carbocycles. The van der Waals surface area contributed by atoms with Crippen LogP contribution in [0.25, 0.3) is 0 Å². The van der Waals surface area contributed by atoms with E-state index in [-0.39, 0.29) is 9.52 Å². The molecule has 0 fully saturated rings. The third-order valence-corrected chi connectivity index (χ3v) is 1.24. The molecule has 0 saturated heterocycles. The van der Waals surface area contributed by atoms with Crippen molar-refractivity contribution in [2.45, 2.75) is 6.04 Å². The second kappa shape index (κ2) is 4.34. The van der Waals surface area contributed by atoms with E-state index < -0.39 is 0 Å². The molecule has 30 valence electrons. The second-order valence-corrected chi connectivity index (χ2v) is 2.32. The predicted octanol–water partition coefficient (Wildman–Crippen LogP) is -0.203. The van der Waals surface area contributed by atoms with Crippen LogP contribution < -0.4 is 0 Å². The zero-order chi connectivity index (χ0) is 4.83. The lowest BCUT2D eigenvalue weighted by Crippen LogP contribution is -1.76. The van der Waals surface area contributed by atoms with Crippen molar-refractivity contribution in [2.75, 3.05) is 0 Å². The van der Waals surface area contributed by atoms with Crippen LogP contribution in [0, 0.1) is 24.3 Å². The minimum absolute atomic E-state index is 0.287. The minimum Gasteiger partial charge on any atom is -0.142 e. The van der Waals surface area contributed by atoms with E-state index in [9.17, 15) is 0 Å². The Morgan fingerprint density at radius 1 is 1.50 bits per heavy atom. The minimum atomic E-state index is -0.287. The lowest BCUT2D eigenvalue weighted by Gasteiger charge is -1.68. The average Bonchev–Trinajstić information content (AvgIpc) is 1.61. The quantitative estimate of drug-likeness (QED) is 0.240. The highest BCUT2D eigenvalue weighted by molar-refractivity contribution is 6.46. The Bertz CT molecular complexity index is 77.5. The summed E-state index contributed by atoms with van der Waals surface area (Å²) in [4.78, 5) is 0.